The molecule has 0 fully saturated rings. The minimum absolute atomic E-state index is 0.167. The first kappa shape index (κ1) is 20.5. The van der Waals surface area contributed by atoms with Crippen LogP contribution in [0.25, 0.3) is 37.8 Å². The van der Waals surface area contributed by atoms with E-state index < -0.39 is 0 Å². The lowest BCUT2D eigenvalue weighted by molar-refractivity contribution is 0.171. The number of fused-ring (bicyclic) bond motifs is 5. The topological polar surface area (TPSA) is 65.7 Å². The van der Waals surface area contributed by atoms with Gasteiger partial charge in [-0.05, 0) is 23.8 Å². The molecule has 0 unspecified atom stereocenters. The number of benzene rings is 3. The maximum atomic E-state index is 13.8. The molecule has 35 heavy (non-hydrogen) atoms. The number of hydrogen-bond acceptors (Lipinski definition) is 7. The van der Waals surface area contributed by atoms with Gasteiger partial charge < -0.3 is 9.47 Å². The molecule has 3 aromatic heterocycles. The fourth-order valence-corrected chi connectivity index (χ4v) is 6.24. The first-order chi connectivity index (χ1) is 17.3. The van der Waals surface area contributed by atoms with E-state index in [9.17, 15) is 4.79 Å². The lowest BCUT2D eigenvalue weighted by Crippen LogP contribution is -2.18. The molecule has 8 heteroatoms. The maximum absolute atomic E-state index is 13.8. The van der Waals surface area contributed by atoms with Crippen molar-refractivity contribution in [3.8, 4) is 22.6 Å². The van der Waals surface area contributed by atoms with Crippen LogP contribution in [-0.2, 0) is 0 Å². The van der Waals surface area contributed by atoms with Crippen LogP contribution < -0.4 is 15.0 Å². The van der Waals surface area contributed by atoms with Crippen molar-refractivity contribution in [2.75, 3.05) is 13.2 Å². The van der Waals surface area contributed by atoms with Gasteiger partial charge in [-0.1, -0.05) is 66.4 Å². The third-order valence-corrected chi connectivity index (χ3v) is 7.84. The molecular weight excluding hydrogens is 478 g/mol. The van der Waals surface area contributed by atoms with E-state index in [4.69, 9.17) is 19.6 Å². The predicted molar refractivity (Wildman–Crippen MR) is 139 cm³/mol. The number of nitrogens with zero attached hydrogens (tertiary/aromatic N) is 3. The quantitative estimate of drug-likeness (QED) is 0.279. The molecule has 170 valence electrons. The summed E-state index contributed by atoms with van der Waals surface area (Å²) in [6, 6.07) is 23.7. The van der Waals surface area contributed by atoms with E-state index in [1.807, 2.05) is 78.2 Å². The minimum Gasteiger partial charge on any atom is -0.486 e. The summed E-state index contributed by atoms with van der Waals surface area (Å²) in [5.74, 6) is 1.46. The molecule has 4 heterocycles. The summed E-state index contributed by atoms with van der Waals surface area (Å²) in [6.45, 7) is 1.08. The molecule has 0 atom stereocenters. The highest BCUT2D eigenvalue weighted by Gasteiger charge is 2.19. The Kier molecular flexibility index (Phi) is 4.75. The van der Waals surface area contributed by atoms with Gasteiger partial charge in [-0.2, -0.15) is 9.61 Å². The number of ether oxygens (including phenoxy) is 2. The smallest absolute Gasteiger partial charge is 0.283 e. The fraction of sp³-hybridized carbons (Fsp3) is 0.0741. The van der Waals surface area contributed by atoms with E-state index >= 15 is 0 Å². The molecule has 6 aromatic rings. The second-order valence-electron chi connectivity index (χ2n) is 8.11. The van der Waals surface area contributed by atoms with Gasteiger partial charge in [0.15, 0.2) is 17.1 Å². The molecule has 6 nitrogen and oxygen atoms in total. The van der Waals surface area contributed by atoms with Crippen molar-refractivity contribution in [2.24, 2.45) is 0 Å². The van der Waals surface area contributed by atoms with Crippen LogP contribution in [0.5, 0.6) is 11.5 Å². The molecule has 1 aliphatic rings. The average molecular weight is 496 g/mol. The van der Waals surface area contributed by atoms with Gasteiger partial charge in [-0.15, -0.1) is 11.3 Å². The van der Waals surface area contributed by atoms with Crippen LogP contribution in [0.2, 0.25) is 0 Å². The third-order valence-electron chi connectivity index (χ3n) is 5.99. The van der Waals surface area contributed by atoms with Gasteiger partial charge in [0.25, 0.3) is 5.56 Å². The molecule has 0 bridgehead atoms. The molecule has 0 aliphatic carbocycles. The van der Waals surface area contributed by atoms with Crippen molar-refractivity contribution in [3.05, 3.63) is 88.5 Å². The highest BCUT2D eigenvalue weighted by Crippen LogP contribution is 2.39. The average Bonchev–Trinajstić information content (AvgIpc) is 3.34. The second-order valence-corrected chi connectivity index (χ2v) is 10.0. The van der Waals surface area contributed by atoms with Gasteiger partial charge in [0, 0.05) is 26.6 Å². The Morgan fingerprint density at radius 2 is 1.66 bits per heavy atom. The zero-order valence-corrected chi connectivity index (χ0v) is 19.9. The van der Waals surface area contributed by atoms with Crippen molar-refractivity contribution < 1.29 is 9.47 Å². The number of hydrogen-bond donors (Lipinski definition) is 0. The molecule has 7 rings (SSSR count). The Hall–Kier alpha value is -3.88. The van der Waals surface area contributed by atoms with E-state index in [0.29, 0.717) is 29.1 Å². The van der Waals surface area contributed by atoms with Crippen molar-refractivity contribution >= 4 is 49.7 Å². The van der Waals surface area contributed by atoms with Crippen LogP contribution in [0.1, 0.15) is 0 Å². The van der Waals surface area contributed by atoms with E-state index in [0.717, 1.165) is 43.3 Å². The standard InChI is InChI=1S/C27H17N3O3S2/c31-27-23-20(16-6-2-1-3-7-16)15-34-26(23)28-24-18-8-4-5-9-19(18)25(29-30(24)27)35-17-10-11-21-22(14-17)33-13-12-32-21/h1-11,14-15H,12-13H2. The summed E-state index contributed by atoms with van der Waals surface area (Å²) in [6.07, 6.45) is 0. The highest BCUT2D eigenvalue weighted by molar-refractivity contribution is 7.99. The summed E-state index contributed by atoms with van der Waals surface area (Å²) >= 11 is 2.97. The van der Waals surface area contributed by atoms with Gasteiger partial charge >= 0.3 is 0 Å². The largest absolute Gasteiger partial charge is 0.486 e. The van der Waals surface area contributed by atoms with Crippen molar-refractivity contribution in [1.82, 2.24) is 14.6 Å². The van der Waals surface area contributed by atoms with E-state index in [1.165, 1.54) is 27.6 Å². The number of rotatable bonds is 3. The molecule has 0 spiro atoms. The first-order valence-corrected chi connectivity index (χ1v) is 12.8. The van der Waals surface area contributed by atoms with Crippen LogP contribution >= 0.6 is 23.1 Å². The van der Waals surface area contributed by atoms with Gasteiger partial charge in [0.1, 0.15) is 23.1 Å². The zero-order valence-electron chi connectivity index (χ0n) is 18.3. The van der Waals surface area contributed by atoms with E-state index in [2.05, 4.69) is 0 Å². The molecule has 3 aromatic carbocycles. The first-order valence-electron chi connectivity index (χ1n) is 11.1. The third kappa shape index (κ3) is 3.37. The minimum atomic E-state index is -0.167. The molecule has 0 amide bonds. The van der Waals surface area contributed by atoms with Gasteiger partial charge in [-0.25, -0.2) is 4.98 Å². The van der Waals surface area contributed by atoms with Crippen molar-refractivity contribution in [2.45, 2.75) is 9.92 Å². The summed E-state index contributed by atoms with van der Waals surface area (Å²) < 4.78 is 12.8. The Labute approximate surface area is 207 Å². The lowest BCUT2D eigenvalue weighted by Gasteiger charge is -2.18. The van der Waals surface area contributed by atoms with Crippen molar-refractivity contribution in [1.29, 1.82) is 0 Å². The van der Waals surface area contributed by atoms with Gasteiger partial charge in [0.05, 0.1) is 5.39 Å². The highest BCUT2D eigenvalue weighted by atomic mass is 32.2. The summed E-state index contributed by atoms with van der Waals surface area (Å²) in [4.78, 5) is 20.4. The number of aromatic nitrogens is 3. The molecule has 0 saturated carbocycles. The van der Waals surface area contributed by atoms with E-state index in [1.54, 1.807) is 0 Å². The number of thiophene rings is 1. The van der Waals surface area contributed by atoms with Gasteiger partial charge in [0.2, 0.25) is 0 Å². The summed E-state index contributed by atoms with van der Waals surface area (Å²) in [5, 5.41) is 9.96. The Morgan fingerprint density at radius 1 is 0.886 bits per heavy atom. The van der Waals surface area contributed by atoms with E-state index in [-0.39, 0.29) is 5.56 Å². The lowest BCUT2D eigenvalue weighted by atomic mass is 10.1. The molecule has 0 radical (unpaired) electrons. The molecular formula is C27H17N3O3S2. The normalized spacial score (nSPS) is 13.0. The summed E-state index contributed by atoms with van der Waals surface area (Å²) in [7, 11) is 0. The maximum Gasteiger partial charge on any atom is 0.283 e. The SMILES string of the molecule is O=c1c2c(-c3ccccc3)csc2nc2c3ccccc3c(Sc3ccc4c(c3)OCCO4)nn12. The Morgan fingerprint density at radius 3 is 2.51 bits per heavy atom. The van der Waals surface area contributed by atoms with Crippen LogP contribution in [0, 0.1) is 0 Å². The monoisotopic (exact) mass is 495 g/mol. The van der Waals surface area contributed by atoms with Crippen LogP contribution in [0.4, 0.5) is 0 Å². The molecule has 1 aliphatic heterocycles. The van der Waals surface area contributed by atoms with Gasteiger partial charge in [-0.3, -0.25) is 4.79 Å². The van der Waals surface area contributed by atoms with Crippen molar-refractivity contribution in [3.63, 3.8) is 0 Å². The molecule has 0 N–H and O–H groups in total. The Bertz CT molecular complexity index is 1810. The predicted octanol–water partition coefficient (Wildman–Crippen LogP) is 6.05. The van der Waals surface area contributed by atoms with Crippen LogP contribution in [-0.4, -0.2) is 27.8 Å². The zero-order chi connectivity index (χ0) is 23.4. The Balaban J connectivity index is 1.45. The van der Waals surface area contributed by atoms with Crippen LogP contribution in [0.15, 0.2) is 92.9 Å². The summed E-state index contributed by atoms with van der Waals surface area (Å²) in [5.41, 5.74) is 2.27. The molecule has 0 saturated heterocycles. The fourth-order valence-electron chi connectivity index (χ4n) is 4.36. The second kappa shape index (κ2) is 8.11. The van der Waals surface area contributed by atoms with Crippen LogP contribution in [0.3, 0.4) is 0 Å².